The number of fused-ring (bicyclic) bond motifs is 1. The van der Waals surface area contributed by atoms with Gasteiger partial charge in [0, 0.05) is 0 Å². The second kappa shape index (κ2) is 4.00. The lowest BCUT2D eigenvalue weighted by Crippen LogP contribution is -2.24. The maximum Gasteiger partial charge on any atom is -0.0255 e. The Morgan fingerprint density at radius 2 is 1.88 bits per heavy atom. The summed E-state index contributed by atoms with van der Waals surface area (Å²) in [6, 6.07) is 0. The fourth-order valence-corrected chi connectivity index (χ4v) is 5.06. The third-order valence-corrected chi connectivity index (χ3v) is 6.59. The second-order valence-corrected chi connectivity index (χ2v) is 7.83. The van der Waals surface area contributed by atoms with Crippen LogP contribution in [0.25, 0.3) is 0 Å². The zero-order chi connectivity index (χ0) is 12.2. The highest BCUT2D eigenvalue weighted by atomic mass is 14.8. The molecule has 17 heavy (non-hydrogen) atoms. The van der Waals surface area contributed by atoms with E-state index in [1.165, 1.54) is 25.2 Å². The van der Waals surface area contributed by atoms with Crippen LogP contribution < -0.4 is 0 Å². The second-order valence-electron chi connectivity index (χ2n) is 7.83. The molecule has 98 valence electrons. The molecule has 0 heteroatoms. The molecule has 0 bridgehead atoms. The van der Waals surface area contributed by atoms with E-state index in [0.29, 0.717) is 0 Å². The molecule has 0 radical (unpaired) electrons. The van der Waals surface area contributed by atoms with E-state index in [4.69, 9.17) is 0 Å². The van der Waals surface area contributed by atoms with Crippen LogP contribution in [0, 0.1) is 40.9 Å². The van der Waals surface area contributed by atoms with Crippen LogP contribution in [0.4, 0.5) is 0 Å². The van der Waals surface area contributed by atoms with Gasteiger partial charge in [0.1, 0.15) is 0 Å². The summed E-state index contributed by atoms with van der Waals surface area (Å²) >= 11 is 0. The monoisotopic (exact) mass is 234 g/mol. The summed E-state index contributed by atoms with van der Waals surface area (Å²) in [5.74, 6) is 6.54. The summed E-state index contributed by atoms with van der Waals surface area (Å²) in [6.07, 6.45) is 9.02. The summed E-state index contributed by atoms with van der Waals surface area (Å²) in [7, 11) is 0. The first-order valence-corrected chi connectivity index (χ1v) is 8.08. The molecule has 6 atom stereocenters. The van der Waals surface area contributed by atoms with Crippen LogP contribution in [-0.4, -0.2) is 0 Å². The predicted octanol–water partition coefficient (Wildman–Crippen LogP) is 5.13. The molecule has 6 unspecified atom stereocenters. The van der Waals surface area contributed by atoms with E-state index in [9.17, 15) is 0 Å². The number of hydrogen-bond donors (Lipinski definition) is 0. The fraction of sp³-hybridized carbons (Fsp3) is 1.00. The number of rotatable bonds is 6. The van der Waals surface area contributed by atoms with Gasteiger partial charge >= 0.3 is 0 Å². The van der Waals surface area contributed by atoms with E-state index in [1.54, 1.807) is 19.3 Å². The van der Waals surface area contributed by atoms with Gasteiger partial charge in [-0.15, -0.1) is 0 Å². The third kappa shape index (κ3) is 1.87. The number of hydrogen-bond acceptors (Lipinski definition) is 0. The van der Waals surface area contributed by atoms with Gasteiger partial charge in [0.25, 0.3) is 0 Å². The summed E-state index contributed by atoms with van der Waals surface area (Å²) < 4.78 is 0. The fourth-order valence-electron chi connectivity index (χ4n) is 5.06. The van der Waals surface area contributed by atoms with Crippen molar-refractivity contribution < 1.29 is 0 Å². The molecule has 3 aliphatic carbocycles. The minimum absolute atomic E-state index is 0.808. The maximum atomic E-state index is 2.58. The van der Waals surface area contributed by atoms with Crippen molar-refractivity contribution in [3.05, 3.63) is 0 Å². The molecular formula is C17H30. The van der Waals surface area contributed by atoms with Crippen LogP contribution in [0.5, 0.6) is 0 Å². The van der Waals surface area contributed by atoms with Crippen molar-refractivity contribution >= 4 is 0 Å². The minimum Gasteiger partial charge on any atom is -0.0651 e. The summed E-state index contributed by atoms with van der Waals surface area (Å²) in [5, 5.41) is 0. The lowest BCUT2D eigenvalue weighted by molar-refractivity contribution is 0.171. The summed E-state index contributed by atoms with van der Waals surface area (Å²) in [4.78, 5) is 0. The van der Waals surface area contributed by atoms with Crippen molar-refractivity contribution in [3.8, 4) is 0 Å². The molecule has 0 N–H and O–H groups in total. The molecule has 0 saturated heterocycles. The van der Waals surface area contributed by atoms with Gasteiger partial charge in [-0.3, -0.25) is 0 Å². The zero-order valence-corrected chi connectivity index (χ0v) is 12.2. The Hall–Kier alpha value is 0. The molecule has 0 aromatic rings. The quantitative estimate of drug-likeness (QED) is 0.597. The Labute approximate surface area is 108 Å². The van der Waals surface area contributed by atoms with Crippen molar-refractivity contribution in [1.29, 1.82) is 0 Å². The lowest BCUT2D eigenvalue weighted by atomic mass is 9.73. The van der Waals surface area contributed by atoms with Crippen molar-refractivity contribution in [2.45, 2.75) is 66.2 Å². The lowest BCUT2D eigenvalue weighted by Gasteiger charge is -2.31. The molecule has 0 aromatic heterocycles. The standard InChI is InChI=1S/C17H30/c1-5-11(2)6-7-12(3)15-16-14(13-8-9-13)10-17(15,16)4/h11-16H,5-10H2,1-4H3. The Kier molecular flexibility index (Phi) is 2.84. The van der Waals surface area contributed by atoms with Crippen molar-refractivity contribution in [3.63, 3.8) is 0 Å². The predicted molar refractivity (Wildman–Crippen MR) is 73.8 cm³/mol. The van der Waals surface area contributed by atoms with Gasteiger partial charge in [-0.1, -0.05) is 47.0 Å². The van der Waals surface area contributed by atoms with Crippen LogP contribution in [0.3, 0.4) is 0 Å². The van der Waals surface area contributed by atoms with Gasteiger partial charge in [0.2, 0.25) is 0 Å². The highest BCUT2D eigenvalue weighted by molar-refractivity contribution is 5.22. The Morgan fingerprint density at radius 3 is 2.47 bits per heavy atom. The molecule has 0 nitrogen and oxygen atoms in total. The summed E-state index contributed by atoms with van der Waals surface area (Å²) in [5.41, 5.74) is 0.808. The molecular weight excluding hydrogens is 204 g/mol. The Balaban J connectivity index is 1.49. The first kappa shape index (κ1) is 12.1. The zero-order valence-electron chi connectivity index (χ0n) is 12.2. The van der Waals surface area contributed by atoms with Gasteiger partial charge in [0.05, 0.1) is 0 Å². The van der Waals surface area contributed by atoms with Crippen molar-refractivity contribution in [2.24, 2.45) is 40.9 Å². The van der Waals surface area contributed by atoms with E-state index in [2.05, 4.69) is 27.7 Å². The molecule has 0 heterocycles. The van der Waals surface area contributed by atoms with Crippen LogP contribution >= 0.6 is 0 Å². The first-order chi connectivity index (χ1) is 8.08. The van der Waals surface area contributed by atoms with Gasteiger partial charge in [0.15, 0.2) is 0 Å². The van der Waals surface area contributed by atoms with Crippen LogP contribution in [0.1, 0.15) is 66.2 Å². The topological polar surface area (TPSA) is 0 Å². The molecule has 0 aromatic carbocycles. The molecule has 3 rings (SSSR count). The average Bonchev–Trinajstić information content (AvgIpc) is 3.19. The van der Waals surface area contributed by atoms with Gasteiger partial charge in [-0.25, -0.2) is 0 Å². The van der Waals surface area contributed by atoms with Crippen molar-refractivity contribution in [1.82, 2.24) is 0 Å². The first-order valence-electron chi connectivity index (χ1n) is 8.08. The van der Waals surface area contributed by atoms with Crippen molar-refractivity contribution in [2.75, 3.05) is 0 Å². The van der Waals surface area contributed by atoms with Gasteiger partial charge in [-0.2, -0.15) is 0 Å². The highest BCUT2D eigenvalue weighted by Gasteiger charge is 2.74. The molecule has 0 amide bonds. The Bertz CT molecular complexity index is 290. The minimum atomic E-state index is 0.808. The van der Waals surface area contributed by atoms with Crippen LogP contribution in [0.2, 0.25) is 0 Å². The summed E-state index contributed by atoms with van der Waals surface area (Å²) in [6.45, 7) is 9.88. The van der Waals surface area contributed by atoms with E-state index >= 15 is 0 Å². The van der Waals surface area contributed by atoms with Gasteiger partial charge in [-0.05, 0) is 60.2 Å². The smallest absolute Gasteiger partial charge is 0.0255 e. The van der Waals surface area contributed by atoms with E-state index in [0.717, 1.165) is 35.0 Å². The van der Waals surface area contributed by atoms with Gasteiger partial charge < -0.3 is 0 Å². The van der Waals surface area contributed by atoms with Crippen LogP contribution in [-0.2, 0) is 0 Å². The largest absolute Gasteiger partial charge is 0.0651 e. The molecule has 3 fully saturated rings. The molecule has 0 aliphatic heterocycles. The average molecular weight is 234 g/mol. The highest BCUT2D eigenvalue weighted by Crippen LogP contribution is 2.80. The third-order valence-electron chi connectivity index (χ3n) is 6.59. The maximum absolute atomic E-state index is 2.58. The molecule has 0 spiro atoms. The molecule has 3 saturated carbocycles. The van der Waals surface area contributed by atoms with Crippen LogP contribution in [0.15, 0.2) is 0 Å². The normalized spacial score (nSPS) is 46.9. The van der Waals surface area contributed by atoms with E-state index < -0.39 is 0 Å². The van der Waals surface area contributed by atoms with E-state index in [1.807, 2.05) is 0 Å². The Morgan fingerprint density at radius 1 is 1.18 bits per heavy atom. The van der Waals surface area contributed by atoms with E-state index in [-0.39, 0.29) is 0 Å². The molecule has 3 aliphatic rings. The SMILES string of the molecule is CCC(C)CCC(C)C1C2C(C3CC3)CC12C.